The van der Waals surface area contributed by atoms with Crippen molar-refractivity contribution in [3.05, 3.63) is 23.2 Å². The second-order valence-electron chi connectivity index (χ2n) is 5.12. The Balaban J connectivity index is 2.47. The van der Waals surface area contributed by atoms with Crippen LogP contribution in [0.4, 0.5) is 5.69 Å². The van der Waals surface area contributed by atoms with Crippen LogP contribution in [0.2, 0.25) is 5.02 Å². The Kier molecular flexibility index (Phi) is 8.26. The number of carbonyl (C=O) groups excluding carboxylic acids is 1. The van der Waals surface area contributed by atoms with Crippen LogP contribution in [0.25, 0.3) is 0 Å². The minimum atomic E-state index is -1.00. The first-order valence-electron chi connectivity index (χ1n) is 7.57. The molecule has 0 saturated carbocycles. The first-order valence-corrected chi connectivity index (χ1v) is 7.95. The number of benzene rings is 1. The van der Waals surface area contributed by atoms with Crippen molar-refractivity contribution in [1.82, 2.24) is 5.32 Å². The van der Waals surface area contributed by atoms with Crippen LogP contribution in [0.5, 0.6) is 5.75 Å². The number of halogens is 1. The molecule has 1 aromatic carbocycles. The molecule has 1 unspecified atom stereocenters. The van der Waals surface area contributed by atoms with E-state index in [1.165, 1.54) is 0 Å². The molecule has 3 N–H and O–H groups in total. The van der Waals surface area contributed by atoms with Crippen molar-refractivity contribution in [2.75, 3.05) is 19.0 Å². The monoisotopic (exact) mass is 342 g/mol. The smallest absolute Gasteiger partial charge is 0.326 e. The summed E-state index contributed by atoms with van der Waals surface area (Å²) in [5.74, 6) is -0.681. The SMILES string of the molecule is CCCCC(NC(=O)CCNc1cc(Cl)ccc1OC)C(=O)O. The fourth-order valence-corrected chi connectivity index (χ4v) is 2.23. The fraction of sp³-hybridized carbons (Fsp3) is 0.500. The summed E-state index contributed by atoms with van der Waals surface area (Å²) in [5.41, 5.74) is 0.688. The van der Waals surface area contributed by atoms with Gasteiger partial charge in [-0.1, -0.05) is 31.4 Å². The number of carboxylic acid groups (broad SMARTS) is 1. The summed E-state index contributed by atoms with van der Waals surface area (Å²) in [5, 5.41) is 15.3. The molecule has 0 aliphatic carbocycles. The lowest BCUT2D eigenvalue weighted by Crippen LogP contribution is -2.41. The van der Waals surface area contributed by atoms with E-state index >= 15 is 0 Å². The number of anilines is 1. The maximum Gasteiger partial charge on any atom is 0.326 e. The third kappa shape index (κ3) is 6.78. The predicted molar refractivity (Wildman–Crippen MR) is 90.2 cm³/mol. The number of nitrogens with one attached hydrogen (secondary N) is 2. The van der Waals surface area contributed by atoms with Crippen molar-refractivity contribution in [1.29, 1.82) is 0 Å². The van der Waals surface area contributed by atoms with Gasteiger partial charge in [0.15, 0.2) is 0 Å². The minimum Gasteiger partial charge on any atom is -0.495 e. The molecule has 128 valence electrons. The van der Waals surface area contributed by atoms with Gasteiger partial charge in [0, 0.05) is 18.0 Å². The number of unbranched alkanes of at least 4 members (excludes halogenated alkanes) is 1. The lowest BCUT2D eigenvalue weighted by Gasteiger charge is -2.15. The second-order valence-corrected chi connectivity index (χ2v) is 5.56. The van der Waals surface area contributed by atoms with E-state index in [1.54, 1.807) is 25.3 Å². The summed E-state index contributed by atoms with van der Waals surface area (Å²) in [6.45, 7) is 2.33. The van der Waals surface area contributed by atoms with E-state index in [0.29, 0.717) is 29.4 Å². The highest BCUT2D eigenvalue weighted by atomic mass is 35.5. The molecule has 23 heavy (non-hydrogen) atoms. The van der Waals surface area contributed by atoms with Gasteiger partial charge in [0.1, 0.15) is 11.8 Å². The summed E-state index contributed by atoms with van der Waals surface area (Å²) >= 11 is 5.93. The van der Waals surface area contributed by atoms with Crippen LogP contribution in [-0.2, 0) is 9.59 Å². The largest absolute Gasteiger partial charge is 0.495 e. The Morgan fingerprint density at radius 2 is 2.13 bits per heavy atom. The molecule has 0 saturated heterocycles. The molecule has 0 fully saturated rings. The van der Waals surface area contributed by atoms with Crippen LogP contribution in [0, 0.1) is 0 Å². The van der Waals surface area contributed by atoms with Crippen LogP contribution in [-0.4, -0.2) is 36.7 Å². The highest BCUT2D eigenvalue weighted by Gasteiger charge is 2.18. The first kappa shape index (κ1) is 19.1. The number of aliphatic carboxylic acids is 1. The minimum absolute atomic E-state index is 0.158. The quantitative estimate of drug-likeness (QED) is 0.608. The van der Waals surface area contributed by atoms with E-state index in [4.69, 9.17) is 21.4 Å². The average Bonchev–Trinajstić information content (AvgIpc) is 2.51. The first-order chi connectivity index (χ1) is 11.0. The van der Waals surface area contributed by atoms with Crippen LogP contribution in [0.1, 0.15) is 32.6 Å². The number of hydrogen-bond donors (Lipinski definition) is 3. The van der Waals surface area contributed by atoms with E-state index in [0.717, 1.165) is 12.8 Å². The summed E-state index contributed by atoms with van der Waals surface area (Å²) in [7, 11) is 1.55. The Hall–Kier alpha value is -1.95. The number of ether oxygens (including phenoxy) is 1. The summed E-state index contributed by atoms with van der Waals surface area (Å²) in [6, 6.07) is 4.32. The van der Waals surface area contributed by atoms with Crippen molar-refractivity contribution in [2.24, 2.45) is 0 Å². The molecule has 6 nitrogen and oxygen atoms in total. The third-order valence-electron chi connectivity index (χ3n) is 3.31. The zero-order valence-corrected chi connectivity index (χ0v) is 14.2. The van der Waals surface area contributed by atoms with Crippen LogP contribution >= 0.6 is 11.6 Å². The average molecular weight is 343 g/mol. The fourth-order valence-electron chi connectivity index (χ4n) is 2.06. The molecule has 0 aliphatic rings. The van der Waals surface area contributed by atoms with Gasteiger partial charge in [0.2, 0.25) is 5.91 Å². The number of amides is 1. The Labute approximate surface area is 141 Å². The number of carbonyl (C=O) groups is 2. The number of carboxylic acids is 1. The maximum atomic E-state index is 11.9. The maximum absolute atomic E-state index is 11.9. The van der Waals surface area contributed by atoms with Gasteiger partial charge < -0.3 is 20.5 Å². The molecule has 0 aliphatic heterocycles. The van der Waals surface area contributed by atoms with Crippen molar-refractivity contribution in [3.8, 4) is 5.75 Å². The molecular formula is C16H23ClN2O4. The molecule has 0 radical (unpaired) electrons. The molecule has 1 atom stereocenters. The standard InChI is InChI=1S/C16H23ClN2O4/c1-3-4-5-12(16(21)22)19-15(20)8-9-18-13-10-11(17)6-7-14(13)23-2/h6-7,10,12,18H,3-5,8-9H2,1-2H3,(H,19,20)(H,21,22). The van der Waals surface area contributed by atoms with Gasteiger partial charge in [-0.15, -0.1) is 0 Å². The number of methoxy groups -OCH3 is 1. The van der Waals surface area contributed by atoms with Gasteiger partial charge in [-0.3, -0.25) is 4.79 Å². The molecule has 7 heteroatoms. The molecule has 1 rings (SSSR count). The van der Waals surface area contributed by atoms with Gasteiger partial charge in [0.25, 0.3) is 0 Å². The van der Waals surface area contributed by atoms with E-state index in [2.05, 4.69) is 10.6 Å². The van der Waals surface area contributed by atoms with Crippen molar-refractivity contribution in [3.63, 3.8) is 0 Å². The summed E-state index contributed by atoms with van der Waals surface area (Å²) in [6.07, 6.45) is 2.24. The Morgan fingerprint density at radius 3 is 2.74 bits per heavy atom. The van der Waals surface area contributed by atoms with Crippen LogP contribution in [0.3, 0.4) is 0 Å². The molecule has 1 aromatic rings. The van der Waals surface area contributed by atoms with Crippen LogP contribution < -0.4 is 15.4 Å². The third-order valence-corrected chi connectivity index (χ3v) is 3.54. The van der Waals surface area contributed by atoms with E-state index in [-0.39, 0.29) is 12.3 Å². The van der Waals surface area contributed by atoms with Gasteiger partial charge in [-0.2, -0.15) is 0 Å². The highest BCUT2D eigenvalue weighted by molar-refractivity contribution is 6.30. The van der Waals surface area contributed by atoms with Gasteiger partial charge in [0.05, 0.1) is 12.8 Å². The predicted octanol–water partition coefficient (Wildman–Crippen LogP) is 2.91. The van der Waals surface area contributed by atoms with Gasteiger partial charge in [-0.05, 0) is 24.6 Å². The van der Waals surface area contributed by atoms with Crippen LogP contribution in [0.15, 0.2) is 18.2 Å². The summed E-state index contributed by atoms with van der Waals surface area (Å²) < 4.78 is 5.20. The molecule has 0 heterocycles. The lowest BCUT2D eigenvalue weighted by molar-refractivity contribution is -0.142. The highest BCUT2D eigenvalue weighted by Crippen LogP contribution is 2.27. The second kappa shape index (κ2) is 9.94. The normalized spacial score (nSPS) is 11.6. The molecular weight excluding hydrogens is 320 g/mol. The van der Waals surface area contributed by atoms with E-state index in [9.17, 15) is 9.59 Å². The molecule has 0 bridgehead atoms. The molecule has 1 amide bonds. The topological polar surface area (TPSA) is 87.7 Å². The van der Waals surface area contributed by atoms with E-state index < -0.39 is 12.0 Å². The summed E-state index contributed by atoms with van der Waals surface area (Å²) in [4.78, 5) is 23.0. The van der Waals surface area contributed by atoms with Gasteiger partial charge in [-0.25, -0.2) is 4.79 Å². The molecule has 0 aromatic heterocycles. The van der Waals surface area contributed by atoms with Crippen molar-refractivity contribution < 1.29 is 19.4 Å². The number of hydrogen-bond acceptors (Lipinski definition) is 4. The molecule has 0 spiro atoms. The van der Waals surface area contributed by atoms with Gasteiger partial charge >= 0.3 is 5.97 Å². The zero-order valence-electron chi connectivity index (χ0n) is 13.4. The zero-order chi connectivity index (χ0) is 17.2. The van der Waals surface area contributed by atoms with E-state index in [1.807, 2.05) is 6.92 Å². The lowest BCUT2D eigenvalue weighted by atomic mass is 10.1. The number of rotatable bonds is 10. The van der Waals surface area contributed by atoms with Crippen molar-refractivity contribution >= 4 is 29.2 Å². The Morgan fingerprint density at radius 1 is 1.39 bits per heavy atom. The van der Waals surface area contributed by atoms with Crippen molar-refractivity contribution in [2.45, 2.75) is 38.6 Å². The Bertz CT molecular complexity index is 537.